The molecule has 3 heterocycles. The van der Waals surface area contributed by atoms with Gasteiger partial charge in [-0.05, 0) is 48.4 Å². The lowest BCUT2D eigenvalue weighted by Crippen LogP contribution is -2.20. The van der Waals surface area contributed by atoms with Gasteiger partial charge in [-0.1, -0.05) is 42.4 Å². The summed E-state index contributed by atoms with van der Waals surface area (Å²) >= 11 is 6.71. The van der Waals surface area contributed by atoms with Crippen molar-refractivity contribution in [3.8, 4) is 40.2 Å². The molecule has 44 heavy (non-hydrogen) atoms. The summed E-state index contributed by atoms with van der Waals surface area (Å²) in [5.74, 6) is -0.0802. The molecule has 0 spiro atoms. The zero-order valence-corrected chi connectivity index (χ0v) is 23.9. The number of nitrogens with two attached hydrogens (primary N) is 1. The number of aryl methyl sites for hydroxylation is 1. The number of anilines is 1. The first-order valence-electron chi connectivity index (χ1n) is 13.0. The van der Waals surface area contributed by atoms with Crippen LogP contribution in [0.5, 0.6) is 11.8 Å². The van der Waals surface area contributed by atoms with E-state index in [2.05, 4.69) is 26.8 Å². The molecule has 9 nitrogen and oxygen atoms in total. The Morgan fingerprint density at radius 2 is 1.95 bits per heavy atom. The van der Waals surface area contributed by atoms with E-state index in [-0.39, 0.29) is 51.1 Å². The van der Waals surface area contributed by atoms with Crippen LogP contribution in [0, 0.1) is 18.3 Å². The van der Waals surface area contributed by atoms with Gasteiger partial charge in [0.25, 0.3) is 0 Å². The average Bonchev–Trinajstić information content (AvgIpc) is 3.30. The number of carbonyl (C=O) groups excluding carboxylic acids is 1. The molecule has 5 aromatic rings. The van der Waals surface area contributed by atoms with Crippen molar-refractivity contribution in [2.75, 3.05) is 5.73 Å². The first kappa shape index (κ1) is 30.1. The van der Waals surface area contributed by atoms with Crippen molar-refractivity contribution in [1.82, 2.24) is 24.8 Å². The van der Waals surface area contributed by atoms with E-state index in [4.69, 9.17) is 22.1 Å². The van der Waals surface area contributed by atoms with Crippen molar-refractivity contribution in [2.45, 2.75) is 26.2 Å². The van der Waals surface area contributed by atoms with Crippen LogP contribution in [0.25, 0.3) is 33.3 Å². The molecular formula is C31H23ClF3N7O2. The molecule has 0 aliphatic carbocycles. The number of amides is 1. The molecular weight excluding hydrogens is 595 g/mol. The molecule has 13 heteroatoms. The van der Waals surface area contributed by atoms with Gasteiger partial charge in [-0.2, -0.15) is 18.4 Å². The number of aromatic nitrogens is 4. The Kier molecular flexibility index (Phi) is 8.24. The highest BCUT2D eigenvalue weighted by atomic mass is 35.5. The fourth-order valence-electron chi connectivity index (χ4n) is 4.78. The van der Waals surface area contributed by atoms with E-state index in [1.165, 1.54) is 0 Å². The molecule has 1 amide bonds. The number of fused-ring (bicyclic) bond motifs is 1. The molecule has 0 aliphatic heterocycles. The SMILES string of the molecule is C=CC(=O)NCc1ccc(-c2c(-c3ccc(Oc4nccc(C)n4)cc3)c3c(N)ncc(C#N)c3n2CC(F)(F)F)c(Cl)c1. The monoisotopic (exact) mass is 617 g/mol. The van der Waals surface area contributed by atoms with Crippen molar-refractivity contribution in [3.05, 3.63) is 95.4 Å². The molecule has 3 N–H and O–H groups in total. The number of carbonyl (C=O) groups is 1. The van der Waals surface area contributed by atoms with Gasteiger partial charge in [-0.3, -0.25) is 4.79 Å². The van der Waals surface area contributed by atoms with Crippen LogP contribution in [0.1, 0.15) is 16.8 Å². The lowest BCUT2D eigenvalue weighted by Gasteiger charge is -2.17. The minimum absolute atomic E-state index is 0.0331. The fourth-order valence-corrected chi connectivity index (χ4v) is 5.07. The van der Waals surface area contributed by atoms with Crippen LogP contribution in [-0.2, 0) is 17.9 Å². The predicted molar refractivity (Wildman–Crippen MR) is 160 cm³/mol. The molecule has 0 aliphatic rings. The number of rotatable bonds is 8. The minimum Gasteiger partial charge on any atom is -0.424 e. The minimum atomic E-state index is -4.67. The van der Waals surface area contributed by atoms with E-state index < -0.39 is 18.6 Å². The number of nitrogens with one attached hydrogen (secondary N) is 1. The van der Waals surface area contributed by atoms with Crippen LogP contribution >= 0.6 is 11.6 Å². The summed E-state index contributed by atoms with van der Waals surface area (Å²) in [4.78, 5) is 24.0. The Balaban J connectivity index is 1.74. The van der Waals surface area contributed by atoms with Crippen LogP contribution in [0.4, 0.5) is 19.0 Å². The smallest absolute Gasteiger partial charge is 0.406 e. The van der Waals surface area contributed by atoms with Gasteiger partial charge in [0.05, 0.1) is 27.2 Å². The number of hydrogen-bond acceptors (Lipinski definition) is 7. The Bertz CT molecular complexity index is 1950. The molecule has 0 bridgehead atoms. The number of halogens is 4. The summed E-state index contributed by atoms with van der Waals surface area (Å²) in [6.45, 7) is 3.88. The zero-order chi connectivity index (χ0) is 31.6. The summed E-state index contributed by atoms with van der Waals surface area (Å²) in [6.07, 6.45) is -0.856. The molecule has 0 atom stereocenters. The first-order valence-corrected chi connectivity index (χ1v) is 13.4. The second-order valence-corrected chi connectivity index (χ2v) is 10.1. The van der Waals surface area contributed by atoms with E-state index in [1.54, 1.807) is 61.7 Å². The van der Waals surface area contributed by atoms with Crippen LogP contribution in [0.3, 0.4) is 0 Å². The molecule has 5 rings (SSSR count). The van der Waals surface area contributed by atoms with E-state index in [0.29, 0.717) is 28.1 Å². The predicted octanol–water partition coefficient (Wildman–Crippen LogP) is 6.73. The van der Waals surface area contributed by atoms with Gasteiger partial charge in [-0.15, -0.1) is 0 Å². The molecule has 0 saturated heterocycles. The van der Waals surface area contributed by atoms with Gasteiger partial charge in [0.1, 0.15) is 24.2 Å². The highest BCUT2D eigenvalue weighted by Gasteiger charge is 2.34. The number of alkyl halides is 3. The second kappa shape index (κ2) is 12.1. The zero-order valence-electron chi connectivity index (χ0n) is 23.1. The Labute approximate surface area is 254 Å². The third-order valence-electron chi connectivity index (χ3n) is 6.63. The summed E-state index contributed by atoms with van der Waals surface area (Å²) in [5.41, 5.74) is 8.56. The maximum Gasteiger partial charge on any atom is 0.406 e. The normalized spacial score (nSPS) is 11.3. The van der Waals surface area contributed by atoms with Crippen LogP contribution in [-0.4, -0.2) is 31.6 Å². The van der Waals surface area contributed by atoms with Crippen LogP contribution in [0.2, 0.25) is 5.02 Å². The third-order valence-corrected chi connectivity index (χ3v) is 6.94. The topological polar surface area (TPSA) is 132 Å². The standard InChI is InChI=1S/C31H23ClF3N7O2/c1-3-24(43)39-14-18-4-9-22(23(32)12-18)28-25(19-5-7-21(8-6-19)44-30-38-11-10-17(2)41-30)26-27(42(28)16-31(33,34)35)20(13-36)15-40-29(26)37/h3-12,15H,1,14,16H2,2H3,(H2,37,40)(H,39,43). The molecule has 0 radical (unpaired) electrons. The largest absolute Gasteiger partial charge is 0.424 e. The van der Waals surface area contributed by atoms with E-state index >= 15 is 0 Å². The number of pyridine rings is 1. The second-order valence-electron chi connectivity index (χ2n) is 9.66. The van der Waals surface area contributed by atoms with Crippen LogP contribution in [0.15, 0.2) is 73.6 Å². The number of nitrogen functional groups attached to an aromatic ring is 1. The van der Waals surface area contributed by atoms with Crippen molar-refractivity contribution in [1.29, 1.82) is 5.26 Å². The molecule has 0 saturated carbocycles. The van der Waals surface area contributed by atoms with Gasteiger partial charge >= 0.3 is 12.2 Å². The number of ether oxygens (including phenoxy) is 1. The maximum atomic E-state index is 14.1. The number of nitriles is 1. The van der Waals surface area contributed by atoms with Crippen molar-refractivity contribution in [2.24, 2.45) is 0 Å². The van der Waals surface area contributed by atoms with E-state index in [9.17, 15) is 23.2 Å². The molecule has 0 unspecified atom stereocenters. The van der Waals surface area contributed by atoms with Crippen molar-refractivity contribution < 1.29 is 22.7 Å². The van der Waals surface area contributed by atoms with Gasteiger partial charge in [0.15, 0.2) is 0 Å². The quantitative estimate of drug-likeness (QED) is 0.184. The van der Waals surface area contributed by atoms with Gasteiger partial charge in [-0.25, -0.2) is 15.0 Å². The Morgan fingerprint density at radius 1 is 1.20 bits per heavy atom. The first-order chi connectivity index (χ1) is 21.0. The summed E-state index contributed by atoms with van der Waals surface area (Å²) < 4.78 is 49.1. The number of nitrogens with zero attached hydrogens (tertiary/aromatic N) is 5. The summed E-state index contributed by atoms with van der Waals surface area (Å²) in [7, 11) is 0. The third kappa shape index (κ3) is 6.18. The average molecular weight is 618 g/mol. The lowest BCUT2D eigenvalue weighted by atomic mass is 9.97. The number of benzene rings is 2. The summed E-state index contributed by atoms with van der Waals surface area (Å²) in [6, 6.07) is 15.1. The summed E-state index contributed by atoms with van der Waals surface area (Å²) in [5, 5.41) is 12.8. The highest BCUT2D eigenvalue weighted by molar-refractivity contribution is 6.34. The lowest BCUT2D eigenvalue weighted by molar-refractivity contribution is -0.139. The number of hydrogen-bond donors (Lipinski definition) is 2. The van der Waals surface area contributed by atoms with Crippen LogP contribution < -0.4 is 15.8 Å². The van der Waals surface area contributed by atoms with Crippen molar-refractivity contribution in [3.63, 3.8) is 0 Å². The Morgan fingerprint density at radius 3 is 2.59 bits per heavy atom. The highest BCUT2D eigenvalue weighted by Crippen LogP contribution is 2.47. The van der Waals surface area contributed by atoms with E-state index in [1.807, 2.05) is 6.07 Å². The fraction of sp³-hybridized carbons (Fsp3) is 0.129. The van der Waals surface area contributed by atoms with Gasteiger partial charge < -0.3 is 20.4 Å². The molecule has 2 aromatic carbocycles. The van der Waals surface area contributed by atoms with E-state index in [0.717, 1.165) is 16.8 Å². The molecule has 222 valence electrons. The van der Waals surface area contributed by atoms with Gasteiger partial charge in [0.2, 0.25) is 5.91 Å². The van der Waals surface area contributed by atoms with Crippen molar-refractivity contribution >= 4 is 34.2 Å². The van der Waals surface area contributed by atoms with Gasteiger partial charge in [0, 0.05) is 35.8 Å². The molecule has 0 fully saturated rings. The maximum absolute atomic E-state index is 14.1. The molecule has 3 aromatic heterocycles. The Hall–Kier alpha value is -5.41.